The molecule has 2 heterocycles. The highest BCUT2D eigenvalue weighted by Gasteiger charge is 2.21. The molecule has 1 aromatic rings. The zero-order chi connectivity index (χ0) is 10.7. The first-order valence-corrected chi connectivity index (χ1v) is 5.60. The second-order valence-corrected chi connectivity index (χ2v) is 4.07. The Morgan fingerprint density at radius 2 is 2.27 bits per heavy atom. The SMILES string of the molecule is CC1CCCCCN1c1nnc(CN)o1. The maximum atomic E-state index is 5.48. The van der Waals surface area contributed by atoms with Gasteiger partial charge in [0, 0.05) is 12.6 Å². The number of hydrogen-bond donors (Lipinski definition) is 1. The lowest BCUT2D eigenvalue weighted by atomic mass is 10.1. The maximum absolute atomic E-state index is 5.48. The second kappa shape index (κ2) is 4.61. The fraction of sp³-hybridized carbons (Fsp3) is 0.800. The maximum Gasteiger partial charge on any atom is 0.318 e. The van der Waals surface area contributed by atoms with Crippen molar-refractivity contribution in [1.29, 1.82) is 0 Å². The van der Waals surface area contributed by atoms with Gasteiger partial charge < -0.3 is 15.1 Å². The number of aromatic nitrogens is 2. The molecule has 1 aliphatic rings. The molecule has 0 aromatic carbocycles. The van der Waals surface area contributed by atoms with E-state index in [1.807, 2.05) is 0 Å². The van der Waals surface area contributed by atoms with Crippen molar-refractivity contribution in [3.8, 4) is 0 Å². The van der Waals surface area contributed by atoms with Crippen molar-refractivity contribution in [2.45, 2.75) is 45.2 Å². The molecule has 5 nitrogen and oxygen atoms in total. The molecule has 2 N–H and O–H groups in total. The first-order valence-electron chi connectivity index (χ1n) is 5.60. The van der Waals surface area contributed by atoms with E-state index >= 15 is 0 Å². The zero-order valence-corrected chi connectivity index (χ0v) is 9.15. The van der Waals surface area contributed by atoms with Gasteiger partial charge >= 0.3 is 6.01 Å². The van der Waals surface area contributed by atoms with Crippen LogP contribution in [0.1, 0.15) is 38.5 Å². The molecule has 2 rings (SSSR count). The third-order valence-electron chi connectivity index (χ3n) is 2.93. The van der Waals surface area contributed by atoms with Crippen LogP contribution >= 0.6 is 0 Å². The van der Waals surface area contributed by atoms with E-state index in [1.54, 1.807) is 0 Å². The molecule has 5 heteroatoms. The summed E-state index contributed by atoms with van der Waals surface area (Å²) in [4.78, 5) is 2.19. The van der Waals surface area contributed by atoms with E-state index in [0.29, 0.717) is 24.5 Å². The number of rotatable bonds is 2. The van der Waals surface area contributed by atoms with Gasteiger partial charge in [0.05, 0.1) is 6.54 Å². The summed E-state index contributed by atoms with van der Waals surface area (Å²) in [6.45, 7) is 3.53. The van der Waals surface area contributed by atoms with E-state index in [-0.39, 0.29) is 0 Å². The summed E-state index contributed by atoms with van der Waals surface area (Å²) in [6, 6.07) is 1.11. The van der Waals surface area contributed by atoms with Crippen LogP contribution in [0.3, 0.4) is 0 Å². The molecule has 1 saturated heterocycles. The molecule has 1 fully saturated rings. The van der Waals surface area contributed by atoms with E-state index in [1.165, 1.54) is 25.7 Å². The summed E-state index contributed by atoms with van der Waals surface area (Å²) in [5.74, 6) is 0.515. The lowest BCUT2D eigenvalue weighted by Crippen LogP contribution is -2.32. The summed E-state index contributed by atoms with van der Waals surface area (Å²) < 4.78 is 5.48. The average Bonchev–Trinajstić information content (AvgIpc) is 2.62. The van der Waals surface area contributed by atoms with Crippen LogP contribution in [0.2, 0.25) is 0 Å². The van der Waals surface area contributed by atoms with Crippen molar-refractivity contribution in [3.05, 3.63) is 5.89 Å². The van der Waals surface area contributed by atoms with Gasteiger partial charge in [0.15, 0.2) is 0 Å². The molecule has 84 valence electrons. The number of anilines is 1. The Bertz CT molecular complexity index is 312. The Balaban J connectivity index is 2.12. The minimum Gasteiger partial charge on any atom is -0.407 e. The minimum atomic E-state index is 0.315. The molecule has 1 aliphatic heterocycles. The summed E-state index contributed by atoms with van der Waals surface area (Å²) in [7, 11) is 0. The lowest BCUT2D eigenvalue weighted by Gasteiger charge is -2.24. The monoisotopic (exact) mass is 210 g/mol. The highest BCUT2D eigenvalue weighted by molar-refractivity contribution is 5.26. The van der Waals surface area contributed by atoms with Crippen molar-refractivity contribution < 1.29 is 4.42 Å². The number of hydrogen-bond acceptors (Lipinski definition) is 5. The van der Waals surface area contributed by atoms with Crippen LogP contribution in [0, 0.1) is 0 Å². The van der Waals surface area contributed by atoms with Crippen LogP contribution in [0.4, 0.5) is 6.01 Å². The normalized spacial score (nSPS) is 22.8. The van der Waals surface area contributed by atoms with Crippen LogP contribution < -0.4 is 10.6 Å². The molecule has 0 saturated carbocycles. The van der Waals surface area contributed by atoms with Gasteiger partial charge in [-0.05, 0) is 19.8 Å². The van der Waals surface area contributed by atoms with E-state index in [9.17, 15) is 0 Å². The Labute approximate surface area is 89.6 Å². The molecular weight excluding hydrogens is 192 g/mol. The first kappa shape index (κ1) is 10.4. The molecule has 0 amide bonds. The van der Waals surface area contributed by atoms with Gasteiger partial charge in [0.1, 0.15) is 0 Å². The Hall–Kier alpha value is -1.10. The van der Waals surface area contributed by atoms with Crippen LogP contribution in [-0.2, 0) is 6.54 Å². The highest BCUT2D eigenvalue weighted by Crippen LogP contribution is 2.22. The summed E-state index contributed by atoms with van der Waals surface area (Å²) in [5, 5.41) is 7.92. The Morgan fingerprint density at radius 1 is 1.40 bits per heavy atom. The minimum absolute atomic E-state index is 0.315. The van der Waals surface area contributed by atoms with Gasteiger partial charge in [0.25, 0.3) is 0 Å². The largest absolute Gasteiger partial charge is 0.407 e. The molecule has 0 bridgehead atoms. The third-order valence-corrected chi connectivity index (χ3v) is 2.93. The number of nitrogens with two attached hydrogens (primary N) is 1. The molecule has 15 heavy (non-hydrogen) atoms. The van der Waals surface area contributed by atoms with Crippen LogP contribution in [-0.4, -0.2) is 22.8 Å². The van der Waals surface area contributed by atoms with E-state index in [2.05, 4.69) is 22.0 Å². The van der Waals surface area contributed by atoms with Crippen LogP contribution in [0.5, 0.6) is 0 Å². The first-order chi connectivity index (χ1) is 7.31. The van der Waals surface area contributed by atoms with Gasteiger partial charge in [-0.15, -0.1) is 5.10 Å². The van der Waals surface area contributed by atoms with Crippen molar-refractivity contribution in [3.63, 3.8) is 0 Å². The predicted molar refractivity (Wildman–Crippen MR) is 57.5 cm³/mol. The fourth-order valence-corrected chi connectivity index (χ4v) is 2.00. The van der Waals surface area contributed by atoms with Crippen LogP contribution in [0.25, 0.3) is 0 Å². The van der Waals surface area contributed by atoms with Gasteiger partial charge in [-0.2, -0.15) is 0 Å². The molecule has 1 unspecified atom stereocenters. The highest BCUT2D eigenvalue weighted by atomic mass is 16.4. The van der Waals surface area contributed by atoms with E-state index < -0.39 is 0 Å². The van der Waals surface area contributed by atoms with Crippen molar-refractivity contribution in [2.75, 3.05) is 11.4 Å². The van der Waals surface area contributed by atoms with Crippen molar-refractivity contribution in [2.24, 2.45) is 5.73 Å². The summed E-state index contributed by atoms with van der Waals surface area (Å²) >= 11 is 0. The van der Waals surface area contributed by atoms with Crippen molar-refractivity contribution >= 4 is 6.01 Å². The summed E-state index contributed by atoms with van der Waals surface area (Å²) in [6.07, 6.45) is 4.97. The van der Waals surface area contributed by atoms with Gasteiger partial charge in [-0.25, -0.2) is 0 Å². The quantitative estimate of drug-likeness (QED) is 0.796. The summed E-state index contributed by atoms with van der Waals surface area (Å²) in [5.41, 5.74) is 5.44. The molecule has 0 spiro atoms. The molecular formula is C10H18N4O. The van der Waals surface area contributed by atoms with Crippen molar-refractivity contribution in [1.82, 2.24) is 10.2 Å². The van der Waals surface area contributed by atoms with Gasteiger partial charge in [0.2, 0.25) is 5.89 Å². The van der Waals surface area contributed by atoms with Crippen LogP contribution in [0.15, 0.2) is 4.42 Å². The van der Waals surface area contributed by atoms with E-state index in [4.69, 9.17) is 10.2 Å². The molecule has 1 aromatic heterocycles. The second-order valence-electron chi connectivity index (χ2n) is 4.07. The fourth-order valence-electron chi connectivity index (χ4n) is 2.00. The van der Waals surface area contributed by atoms with Gasteiger partial charge in [-0.3, -0.25) is 0 Å². The topological polar surface area (TPSA) is 68.2 Å². The average molecular weight is 210 g/mol. The Kier molecular flexibility index (Phi) is 3.20. The third kappa shape index (κ3) is 2.28. The molecule has 0 aliphatic carbocycles. The van der Waals surface area contributed by atoms with E-state index in [0.717, 1.165) is 6.54 Å². The zero-order valence-electron chi connectivity index (χ0n) is 9.15. The lowest BCUT2D eigenvalue weighted by molar-refractivity contribution is 0.466. The Morgan fingerprint density at radius 3 is 3.00 bits per heavy atom. The van der Waals surface area contributed by atoms with Gasteiger partial charge in [-0.1, -0.05) is 17.9 Å². The predicted octanol–water partition coefficient (Wildman–Crippen LogP) is 1.30. The number of nitrogens with zero attached hydrogens (tertiary/aromatic N) is 3. The smallest absolute Gasteiger partial charge is 0.318 e. The molecule has 0 radical (unpaired) electrons. The standard InChI is InChI=1S/C10H18N4O/c1-8-5-3-2-4-6-14(8)10-13-12-9(7-11)15-10/h8H,2-7,11H2,1H3. The molecule has 1 atom stereocenters.